The lowest BCUT2D eigenvalue weighted by atomic mass is 10.0. The van der Waals surface area contributed by atoms with Gasteiger partial charge in [0, 0.05) is 12.1 Å². The van der Waals surface area contributed by atoms with Crippen molar-refractivity contribution in [2.75, 3.05) is 26.4 Å². The van der Waals surface area contributed by atoms with Gasteiger partial charge in [-0.1, -0.05) is 24.1 Å². The van der Waals surface area contributed by atoms with Crippen molar-refractivity contribution in [2.24, 2.45) is 0 Å². The standard InChI is InChI=1S/C14H19NO4/c1-2-7-19-13-6-4-3-5-12(13)8-15-14(9-16,10-17)11-18/h1,3-6,15-18H,7-11H2. The summed E-state index contributed by atoms with van der Waals surface area (Å²) in [6, 6.07) is 7.30. The second-order valence-corrected chi connectivity index (χ2v) is 4.21. The molecule has 0 saturated heterocycles. The van der Waals surface area contributed by atoms with Crippen LogP contribution in [-0.4, -0.2) is 47.3 Å². The van der Waals surface area contributed by atoms with Crippen LogP contribution in [0.1, 0.15) is 5.56 Å². The number of rotatable bonds is 8. The SMILES string of the molecule is C#CCOc1ccccc1CNC(CO)(CO)CO. The van der Waals surface area contributed by atoms with Gasteiger partial charge in [-0.25, -0.2) is 0 Å². The number of aliphatic hydroxyl groups is 3. The molecule has 1 aromatic carbocycles. The zero-order valence-electron chi connectivity index (χ0n) is 10.7. The summed E-state index contributed by atoms with van der Waals surface area (Å²) >= 11 is 0. The van der Waals surface area contributed by atoms with Gasteiger partial charge in [0.05, 0.1) is 25.4 Å². The molecule has 0 spiro atoms. The maximum absolute atomic E-state index is 9.22. The van der Waals surface area contributed by atoms with Gasteiger partial charge < -0.3 is 25.4 Å². The molecule has 5 heteroatoms. The van der Waals surface area contributed by atoms with Crippen LogP contribution in [-0.2, 0) is 6.54 Å². The van der Waals surface area contributed by atoms with E-state index in [2.05, 4.69) is 11.2 Å². The quantitative estimate of drug-likeness (QED) is 0.477. The summed E-state index contributed by atoms with van der Waals surface area (Å²) in [5.74, 6) is 3.02. The van der Waals surface area contributed by atoms with Crippen LogP contribution < -0.4 is 10.1 Å². The molecule has 0 bridgehead atoms. The monoisotopic (exact) mass is 265 g/mol. The summed E-state index contributed by atoms with van der Waals surface area (Å²) in [7, 11) is 0. The van der Waals surface area contributed by atoms with Crippen molar-refractivity contribution in [2.45, 2.75) is 12.1 Å². The number of aliphatic hydroxyl groups excluding tert-OH is 3. The van der Waals surface area contributed by atoms with Crippen LogP contribution in [0.4, 0.5) is 0 Å². The Hall–Kier alpha value is -1.58. The lowest BCUT2D eigenvalue weighted by Crippen LogP contribution is -2.54. The Balaban J connectivity index is 2.74. The number of hydrogen-bond donors (Lipinski definition) is 4. The van der Waals surface area contributed by atoms with Gasteiger partial charge in [-0.2, -0.15) is 0 Å². The molecule has 0 fully saturated rings. The molecule has 0 aliphatic carbocycles. The Morgan fingerprint density at radius 2 is 1.79 bits per heavy atom. The Labute approximate surface area is 112 Å². The Bertz CT molecular complexity index is 415. The number of para-hydroxylation sites is 1. The molecule has 1 aromatic rings. The van der Waals surface area contributed by atoms with Crippen molar-refractivity contribution in [3.05, 3.63) is 29.8 Å². The van der Waals surface area contributed by atoms with Crippen LogP contribution in [0.2, 0.25) is 0 Å². The van der Waals surface area contributed by atoms with Crippen LogP contribution in [0.25, 0.3) is 0 Å². The zero-order valence-corrected chi connectivity index (χ0v) is 10.7. The molecule has 1 rings (SSSR count). The summed E-state index contributed by atoms with van der Waals surface area (Å²) in [5.41, 5.74) is -0.281. The first kappa shape index (κ1) is 15.5. The highest BCUT2D eigenvalue weighted by atomic mass is 16.5. The Kier molecular flexibility index (Phi) is 6.33. The Morgan fingerprint density at radius 1 is 1.16 bits per heavy atom. The van der Waals surface area contributed by atoms with E-state index in [4.69, 9.17) is 11.2 Å². The highest BCUT2D eigenvalue weighted by molar-refractivity contribution is 5.33. The smallest absolute Gasteiger partial charge is 0.148 e. The van der Waals surface area contributed by atoms with Crippen molar-refractivity contribution in [3.63, 3.8) is 0 Å². The number of ether oxygens (including phenoxy) is 1. The molecule has 0 unspecified atom stereocenters. The number of benzene rings is 1. The van der Waals surface area contributed by atoms with Gasteiger partial charge in [-0.15, -0.1) is 6.42 Å². The molecule has 0 aliphatic rings. The highest BCUT2D eigenvalue weighted by Crippen LogP contribution is 2.18. The average Bonchev–Trinajstić information content (AvgIpc) is 2.48. The summed E-state index contributed by atoms with van der Waals surface area (Å²) in [5, 5.41) is 30.6. The largest absolute Gasteiger partial charge is 0.481 e. The molecule has 0 saturated carbocycles. The van der Waals surface area contributed by atoms with Gasteiger partial charge >= 0.3 is 0 Å². The fourth-order valence-electron chi connectivity index (χ4n) is 1.51. The summed E-state index contributed by atoms with van der Waals surface area (Å²) in [4.78, 5) is 0. The third kappa shape index (κ3) is 4.23. The molecule has 5 nitrogen and oxygen atoms in total. The first-order valence-electron chi connectivity index (χ1n) is 5.93. The Morgan fingerprint density at radius 3 is 2.37 bits per heavy atom. The van der Waals surface area contributed by atoms with E-state index >= 15 is 0 Å². The lowest BCUT2D eigenvalue weighted by Gasteiger charge is -2.29. The second-order valence-electron chi connectivity index (χ2n) is 4.21. The van der Waals surface area contributed by atoms with E-state index < -0.39 is 5.54 Å². The molecule has 4 N–H and O–H groups in total. The van der Waals surface area contributed by atoms with Gasteiger partial charge in [0.25, 0.3) is 0 Å². The fraction of sp³-hybridized carbons (Fsp3) is 0.429. The van der Waals surface area contributed by atoms with E-state index in [1.165, 1.54) is 0 Å². The number of hydrogen-bond acceptors (Lipinski definition) is 5. The van der Waals surface area contributed by atoms with Crippen molar-refractivity contribution >= 4 is 0 Å². The molecule has 0 heterocycles. The van der Waals surface area contributed by atoms with E-state index in [0.29, 0.717) is 12.3 Å². The van der Waals surface area contributed by atoms with E-state index in [-0.39, 0.29) is 26.4 Å². The summed E-state index contributed by atoms with van der Waals surface area (Å²) in [6.45, 7) is -0.598. The maximum Gasteiger partial charge on any atom is 0.148 e. The summed E-state index contributed by atoms with van der Waals surface area (Å²) < 4.78 is 5.39. The van der Waals surface area contributed by atoms with Gasteiger partial charge in [0.15, 0.2) is 0 Å². The molecule has 0 atom stereocenters. The predicted molar refractivity (Wildman–Crippen MR) is 71.6 cm³/mol. The van der Waals surface area contributed by atoms with Crippen LogP contribution in [0.3, 0.4) is 0 Å². The van der Waals surface area contributed by atoms with Gasteiger partial charge in [-0.05, 0) is 6.07 Å². The van der Waals surface area contributed by atoms with Crippen molar-refractivity contribution in [1.29, 1.82) is 0 Å². The number of nitrogens with one attached hydrogen (secondary N) is 1. The van der Waals surface area contributed by atoms with E-state index in [9.17, 15) is 15.3 Å². The molecular weight excluding hydrogens is 246 g/mol. The second kappa shape index (κ2) is 7.77. The average molecular weight is 265 g/mol. The maximum atomic E-state index is 9.22. The number of terminal acetylenes is 1. The molecule has 19 heavy (non-hydrogen) atoms. The van der Waals surface area contributed by atoms with E-state index in [0.717, 1.165) is 5.56 Å². The lowest BCUT2D eigenvalue weighted by molar-refractivity contribution is 0.0412. The van der Waals surface area contributed by atoms with Gasteiger partial charge in [-0.3, -0.25) is 0 Å². The van der Waals surface area contributed by atoms with Crippen molar-refractivity contribution in [3.8, 4) is 18.1 Å². The molecule has 0 radical (unpaired) electrons. The predicted octanol–water partition coefficient (Wildman–Crippen LogP) is -0.496. The van der Waals surface area contributed by atoms with Gasteiger partial charge in [0.1, 0.15) is 12.4 Å². The molecular formula is C14H19NO4. The minimum atomic E-state index is -1.11. The first-order chi connectivity index (χ1) is 9.21. The first-order valence-corrected chi connectivity index (χ1v) is 5.93. The highest BCUT2D eigenvalue weighted by Gasteiger charge is 2.27. The minimum Gasteiger partial charge on any atom is -0.481 e. The molecule has 0 aromatic heterocycles. The zero-order chi connectivity index (χ0) is 14.1. The topological polar surface area (TPSA) is 82.0 Å². The van der Waals surface area contributed by atoms with Crippen LogP contribution in [0.5, 0.6) is 5.75 Å². The molecule has 0 amide bonds. The van der Waals surface area contributed by atoms with Crippen LogP contribution >= 0.6 is 0 Å². The molecule has 0 aliphatic heterocycles. The van der Waals surface area contributed by atoms with Gasteiger partial charge in [0.2, 0.25) is 0 Å². The van der Waals surface area contributed by atoms with Crippen LogP contribution in [0.15, 0.2) is 24.3 Å². The molecule has 104 valence electrons. The van der Waals surface area contributed by atoms with E-state index in [1.807, 2.05) is 18.2 Å². The normalized spacial score (nSPS) is 11.1. The van der Waals surface area contributed by atoms with E-state index in [1.54, 1.807) is 6.07 Å². The minimum absolute atomic E-state index is 0.169. The van der Waals surface area contributed by atoms with Crippen LogP contribution in [0, 0.1) is 12.3 Å². The summed E-state index contributed by atoms with van der Waals surface area (Å²) in [6.07, 6.45) is 5.14. The third-order valence-electron chi connectivity index (χ3n) is 2.85. The van der Waals surface area contributed by atoms with Crippen molar-refractivity contribution in [1.82, 2.24) is 5.32 Å². The van der Waals surface area contributed by atoms with Crippen molar-refractivity contribution < 1.29 is 20.1 Å². The fourth-order valence-corrected chi connectivity index (χ4v) is 1.51. The third-order valence-corrected chi connectivity index (χ3v) is 2.85.